The lowest BCUT2D eigenvalue weighted by Gasteiger charge is -2.38. The minimum absolute atomic E-state index is 0.247. The predicted molar refractivity (Wildman–Crippen MR) is 83.3 cm³/mol. The van der Waals surface area contributed by atoms with Gasteiger partial charge in [0.15, 0.2) is 0 Å². The summed E-state index contributed by atoms with van der Waals surface area (Å²) in [5, 5.41) is 0. The van der Waals surface area contributed by atoms with Crippen LogP contribution in [-0.4, -0.2) is 56.7 Å². The first-order chi connectivity index (χ1) is 9.56. The molecule has 1 unspecified atom stereocenters. The lowest BCUT2D eigenvalue weighted by molar-refractivity contribution is 0.113. The Hall–Kier alpha value is -1.10. The van der Waals surface area contributed by atoms with Crippen molar-refractivity contribution in [3.8, 4) is 5.75 Å². The maximum absolute atomic E-state index is 6.08. The summed E-state index contributed by atoms with van der Waals surface area (Å²) in [4.78, 5) is 4.85. The Labute approximate surface area is 122 Å². The molecular formula is C16H27N3O. The molecule has 1 atom stereocenters. The van der Waals surface area contributed by atoms with Gasteiger partial charge in [0.1, 0.15) is 5.75 Å². The molecule has 0 bridgehead atoms. The molecule has 0 aliphatic carbocycles. The van der Waals surface area contributed by atoms with Crippen molar-refractivity contribution in [2.75, 3.05) is 46.9 Å². The second kappa shape index (κ2) is 6.57. The molecule has 1 aromatic rings. The Morgan fingerprint density at radius 2 is 1.85 bits per heavy atom. The van der Waals surface area contributed by atoms with Crippen molar-refractivity contribution >= 4 is 0 Å². The fourth-order valence-electron chi connectivity index (χ4n) is 3.12. The van der Waals surface area contributed by atoms with Crippen molar-refractivity contribution in [1.29, 1.82) is 0 Å². The molecule has 0 saturated carbocycles. The van der Waals surface area contributed by atoms with Gasteiger partial charge < -0.3 is 15.4 Å². The van der Waals surface area contributed by atoms with Crippen LogP contribution < -0.4 is 10.5 Å². The number of nitrogens with zero attached hydrogens (tertiary/aromatic N) is 2. The topological polar surface area (TPSA) is 41.7 Å². The normalized spacial score (nSPS) is 19.1. The zero-order chi connectivity index (χ0) is 14.7. The lowest BCUT2D eigenvalue weighted by atomic mass is 9.98. The molecule has 0 spiro atoms. The Morgan fingerprint density at radius 3 is 2.40 bits per heavy atom. The van der Waals surface area contributed by atoms with Gasteiger partial charge in [-0.25, -0.2) is 0 Å². The number of benzene rings is 1. The summed E-state index contributed by atoms with van der Waals surface area (Å²) < 4.78 is 5.63. The Morgan fingerprint density at radius 1 is 1.20 bits per heavy atom. The van der Waals surface area contributed by atoms with E-state index in [4.69, 9.17) is 10.5 Å². The zero-order valence-electron chi connectivity index (χ0n) is 13.1. The molecule has 1 aromatic carbocycles. The third kappa shape index (κ3) is 3.14. The summed E-state index contributed by atoms with van der Waals surface area (Å²) in [6, 6.07) is 4.64. The zero-order valence-corrected chi connectivity index (χ0v) is 13.1. The van der Waals surface area contributed by atoms with Gasteiger partial charge in [-0.05, 0) is 26.5 Å². The minimum Gasteiger partial charge on any atom is -0.496 e. The SMILES string of the molecule is COc1c(C)cc(C)cc1C(CN)N1CCN(C)CC1. The van der Waals surface area contributed by atoms with E-state index in [1.807, 2.05) is 0 Å². The molecule has 1 aliphatic heterocycles. The van der Waals surface area contributed by atoms with Crippen molar-refractivity contribution < 1.29 is 4.74 Å². The van der Waals surface area contributed by atoms with Crippen LogP contribution in [0.5, 0.6) is 5.75 Å². The van der Waals surface area contributed by atoms with E-state index in [0.29, 0.717) is 6.54 Å². The number of hydrogen-bond acceptors (Lipinski definition) is 4. The van der Waals surface area contributed by atoms with Crippen LogP contribution in [-0.2, 0) is 0 Å². The second-order valence-corrected chi connectivity index (χ2v) is 5.80. The molecule has 0 radical (unpaired) electrons. The van der Waals surface area contributed by atoms with Crippen LogP contribution in [0.3, 0.4) is 0 Å². The average Bonchev–Trinajstić information content (AvgIpc) is 2.41. The van der Waals surface area contributed by atoms with E-state index >= 15 is 0 Å². The minimum atomic E-state index is 0.247. The van der Waals surface area contributed by atoms with E-state index in [1.54, 1.807) is 7.11 Å². The highest BCUT2D eigenvalue weighted by atomic mass is 16.5. The van der Waals surface area contributed by atoms with Crippen molar-refractivity contribution in [2.24, 2.45) is 5.73 Å². The summed E-state index contributed by atoms with van der Waals surface area (Å²) >= 11 is 0. The number of nitrogens with two attached hydrogens (primary N) is 1. The summed E-state index contributed by atoms with van der Waals surface area (Å²) in [5.74, 6) is 0.991. The first-order valence-corrected chi connectivity index (χ1v) is 7.34. The molecule has 1 saturated heterocycles. The van der Waals surface area contributed by atoms with Crippen molar-refractivity contribution in [3.05, 3.63) is 28.8 Å². The van der Waals surface area contributed by atoms with E-state index in [2.05, 4.69) is 42.8 Å². The molecule has 0 amide bonds. The Bertz CT molecular complexity index is 453. The molecule has 1 fully saturated rings. The molecule has 0 aromatic heterocycles. The van der Waals surface area contributed by atoms with Crippen LogP contribution in [0.1, 0.15) is 22.7 Å². The van der Waals surface area contributed by atoms with Crippen molar-refractivity contribution in [1.82, 2.24) is 9.80 Å². The quantitative estimate of drug-likeness (QED) is 0.907. The van der Waals surface area contributed by atoms with Crippen LogP contribution >= 0.6 is 0 Å². The van der Waals surface area contributed by atoms with Crippen LogP contribution in [0.4, 0.5) is 0 Å². The molecule has 4 heteroatoms. The van der Waals surface area contributed by atoms with Gasteiger partial charge in [-0.3, -0.25) is 4.90 Å². The number of piperazine rings is 1. The number of hydrogen-bond donors (Lipinski definition) is 1. The van der Waals surface area contributed by atoms with Gasteiger partial charge in [0.05, 0.1) is 13.2 Å². The van der Waals surface area contributed by atoms with Gasteiger partial charge in [-0.2, -0.15) is 0 Å². The third-order valence-corrected chi connectivity index (χ3v) is 4.21. The lowest BCUT2D eigenvalue weighted by Crippen LogP contribution is -2.47. The van der Waals surface area contributed by atoms with E-state index in [1.165, 1.54) is 16.7 Å². The molecule has 1 aliphatic rings. The van der Waals surface area contributed by atoms with E-state index in [-0.39, 0.29) is 6.04 Å². The number of likely N-dealkylation sites (N-methyl/N-ethyl adjacent to an activating group) is 1. The smallest absolute Gasteiger partial charge is 0.126 e. The first kappa shape index (κ1) is 15.3. The number of rotatable bonds is 4. The third-order valence-electron chi connectivity index (χ3n) is 4.21. The van der Waals surface area contributed by atoms with Crippen LogP contribution in [0.15, 0.2) is 12.1 Å². The van der Waals surface area contributed by atoms with Gasteiger partial charge in [-0.15, -0.1) is 0 Å². The average molecular weight is 277 g/mol. The van der Waals surface area contributed by atoms with E-state index in [0.717, 1.165) is 31.9 Å². The Kier molecular flexibility index (Phi) is 5.02. The van der Waals surface area contributed by atoms with Gasteiger partial charge in [0, 0.05) is 38.3 Å². The molecule has 1 heterocycles. The fraction of sp³-hybridized carbons (Fsp3) is 0.625. The van der Waals surface area contributed by atoms with Crippen LogP contribution in [0.2, 0.25) is 0 Å². The highest BCUT2D eigenvalue weighted by Crippen LogP contribution is 2.33. The number of ether oxygens (including phenoxy) is 1. The summed E-state index contributed by atoms with van der Waals surface area (Å²) in [6.45, 7) is 9.19. The summed E-state index contributed by atoms with van der Waals surface area (Å²) in [7, 11) is 3.92. The molecule has 2 N–H and O–H groups in total. The van der Waals surface area contributed by atoms with Crippen LogP contribution in [0, 0.1) is 13.8 Å². The number of methoxy groups -OCH3 is 1. The highest BCUT2D eigenvalue weighted by molar-refractivity contribution is 5.45. The molecule has 2 rings (SSSR count). The second-order valence-electron chi connectivity index (χ2n) is 5.80. The summed E-state index contributed by atoms with van der Waals surface area (Å²) in [5.41, 5.74) is 9.78. The van der Waals surface area contributed by atoms with Gasteiger partial charge in [0.2, 0.25) is 0 Å². The monoisotopic (exact) mass is 277 g/mol. The van der Waals surface area contributed by atoms with Crippen LogP contribution in [0.25, 0.3) is 0 Å². The fourth-order valence-corrected chi connectivity index (χ4v) is 3.12. The standard InChI is InChI=1S/C16H27N3O/c1-12-9-13(2)16(20-4)14(10-12)15(11-17)19-7-5-18(3)6-8-19/h9-10,15H,5-8,11,17H2,1-4H3. The molecular weight excluding hydrogens is 250 g/mol. The van der Waals surface area contributed by atoms with Crippen molar-refractivity contribution in [2.45, 2.75) is 19.9 Å². The molecule has 20 heavy (non-hydrogen) atoms. The van der Waals surface area contributed by atoms with Gasteiger partial charge >= 0.3 is 0 Å². The number of aryl methyl sites for hydroxylation is 2. The van der Waals surface area contributed by atoms with Gasteiger partial charge in [0.25, 0.3) is 0 Å². The maximum atomic E-state index is 6.08. The molecule has 4 nitrogen and oxygen atoms in total. The Balaban J connectivity index is 2.31. The summed E-state index contributed by atoms with van der Waals surface area (Å²) in [6.07, 6.45) is 0. The molecule has 112 valence electrons. The van der Waals surface area contributed by atoms with E-state index in [9.17, 15) is 0 Å². The van der Waals surface area contributed by atoms with Gasteiger partial charge in [-0.1, -0.05) is 17.7 Å². The van der Waals surface area contributed by atoms with Crippen molar-refractivity contribution in [3.63, 3.8) is 0 Å². The first-order valence-electron chi connectivity index (χ1n) is 7.34. The largest absolute Gasteiger partial charge is 0.496 e. The van der Waals surface area contributed by atoms with E-state index < -0.39 is 0 Å². The predicted octanol–water partition coefficient (Wildman–Crippen LogP) is 1.56. The highest BCUT2D eigenvalue weighted by Gasteiger charge is 2.25. The maximum Gasteiger partial charge on any atom is 0.126 e.